The van der Waals surface area contributed by atoms with Crippen LogP contribution in [-0.4, -0.2) is 24.5 Å². The molecule has 0 unspecified atom stereocenters. The van der Waals surface area contributed by atoms with Crippen molar-refractivity contribution in [2.75, 3.05) is 7.11 Å². The van der Waals surface area contributed by atoms with Gasteiger partial charge in [0.1, 0.15) is 0 Å². The van der Waals surface area contributed by atoms with Crippen LogP contribution in [0.5, 0.6) is 0 Å². The number of ether oxygens (including phenoxy) is 2. The van der Waals surface area contributed by atoms with Gasteiger partial charge in [0.05, 0.1) is 18.9 Å². The molecule has 1 aliphatic heterocycles. The van der Waals surface area contributed by atoms with Gasteiger partial charge in [0.15, 0.2) is 0 Å². The standard InChI is InChI=1S/C12H16O4/c1-3-7-4-5-8-9(11(13)15-2)6-16-12(14)10(7)8/h4,6,8,10,12,14H,3,5H2,1-2H3/t8-,10-,12-/m1/s1. The average Bonchev–Trinajstić information content (AvgIpc) is 2.73. The fraction of sp³-hybridized carbons (Fsp3) is 0.583. The summed E-state index contributed by atoms with van der Waals surface area (Å²) in [6, 6.07) is 0. The molecule has 1 N–H and O–H groups in total. The third kappa shape index (κ3) is 1.63. The lowest BCUT2D eigenvalue weighted by molar-refractivity contribution is -0.141. The Balaban J connectivity index is 2.26. The molecule has 2 aliphatic rings. The van der Waals surface area contributed by atoms with Crippen LogP contribution in [0.15, 0.2) is 23.5 Å². The Morgan fingerprint density at radius 3 is 3.06 bits per heavy atom. The van der Waals surface area contributed by atoms with Gasteiger partial charge >= 0.3 is 5.97 Å². The Hall–Kier alpha value is -1.29. The summed E-state index contributed by atoms with van der Waals surface area (Å²) < 4.78 is 9.82. The number of allylic oxidation sites excluding steroid dienone is 1. The van der Waals surface area contributed by atoms with Crippen LogP contribution in [0.4, 0.5) is 0 Å². The maximum absolute atomic E-state index is 11.5. The third-order valence-electron chi connectivity index (χ3n) is 3.37. The van der Waals surface area contributed by atoms with Crippen LogP contribution in [0.1, 0.15) is 19.8 Å². The molecule has 0 aromatic carbocycles. The van der Waals surface area contributed by atoms with Crippen LogP contribution >= 0.6 is 0 Å². The van der Waals surface area contributed by atoms with Crippen molar-refractivity contribution in [2.24, 2.45) is 11.8 Å². The second-order valence-electron chi connectivity index (χ2n) is 4.09. The number of rotatable bonds is 2. The molecule has 1 aliphatic carbocycles. The lowest BCUT2D eigenvalue weighted by Gasteiger charge is -2.31. The maximum atomic E-state index is 11.5. The van der Waals surface area contributed by atoms with Crippen LogP contribution in [0.25, 0.3) is 0 Å². The number of aliphatic hydroxyl groups excluding tert-OH is 1. The number of fused-ring (bicyclic) bond motifs is 1. The van der Waals surface area contributed by atoms with Crippen molar-refractivity contribution < 1.29 is 19.4 Å². The Morgan fingerprint density at radius 2 is 2.44 bits per heavy atom. The van der Waals surface area contributed by atoms with Gasteiger partial charge in [0, 0.05) is 11.8 Å². The largest absolute Gasteiger partial charge is 0.472 e. The summed E-state index contributed by atoms with van der Waals surface area (Å²) in [5.41, 5.74) is 1.68. The molecule has 0 aromatic rings. The van der Waals surface area contributed by atoms with Gasteiger partial charge < -0.3 is 14.6 Å². The molecule has 88 valence electrons. The van der Waals surface area contributed by atoms with E-state index < -0.39 is 6.29 Å². The van der Waals surface area contributed by atoms with Crippen molar-refractivity contribution in [1.82, 2.24) is 0 Å². The zero-order valence-corrected chi connectivity index (χ0v) is 9.47. The highest BCUT2D eigenvalue weighted by Gasteiger charge is 2.42. The highest BCUT2D eigenvalue weighted by molar-refractivity contribution is 5.89. The predicted octanol–water partition coefficient (Wildman–Crippen LogP) is 1.36. The number of hydrogen-bond acceptors (Lipinski definition) is 4. The molecule has 0 spiro atoms. The summed E-state index contributed by atoms with van der Waals surface area (Å²) in [7, 11) is 1.35. The topological polar surface area (TPSA) is 55.8 Å². The minimum atomic E-state index is -0.841. The first-order valence-electron chi connectivity index (χ1n) is 5.49. The minimum Gasteiger partial charge on any atom is -0.472 e. The lowest BCUT2D eigenvalue weighted by Crippen LogP contribution is -2.34. The third-order valence-corrected chi connectivity index (χ3v) is 3.37. The average molecular weight is 224 g/mol. The van der Waals surface area contributed by atoms with Crippen molar-refractivity contribution in [3.63, 3.8) is 0 Å². The molecule has 16 heavy (non-hydrogen) atoms. The van der Waals surface area contributed by atoms with E-state index in [1.54, 1.807) is 0 Å². The molecular weight excluding hydrogens is 208 g/mol. The van der Waals surface area contributed by atoms with E-state index in [1.807, 2.05) is 6.92 Å². The fourth-order valence-corrected chi connectivity index (χ4v) is 2.53. The van der Waals surface area contributed by atoms with E-state index in [1.165, 1.54) is 13.4 Å². The first-order valence-corrected chi connectivity index (χ1v) is 5.49. The molecule has 0 saturated carbocycles. The number of esters is 1. The normalized spacial score (nSPS) is 32.3. The van der Waals surface area contributed by atoms with Gasteiger partial charge in [-0.25, -0.2) is 4.79 Å². The Kier molecular flexibility index (Phi) is 3.01. The number of methoxy groups -OCH3 is 1. The molecular formula is C12H16O4. The smallest absolute Gasteiger partial charge is 0.337 e. The summed E-state index contributed by atoms with van der Waals surface area (Å²) >= 11 is 0. The van der Waals surface area contributed by atoms with Gasteiger partial charge in [-0.05, 0) is 12.8 Å². The summed E-state index contributed by atoms with van der Waals surface area (Å²) in [6.07, 6.45) is 4.23. The minimum absolute atomic E-state index is 0.00569. The summed E-state index contributed by atoms with van der Waals surface area (Å²) in [5, 5.41) is 9.79. The molecule has 4 heteroatoms. The van der Waals surface area contributed by atoms with Crippen LogP contribution in [0, 0.1) is 11.8 Å². The monoisotopic (exact) mass is 224 g/mol. The van der Waals surface area contributed by atoms with E-state index in [0.29, 0.717) is 5.57 Å². The molecule has 0 radical (unpaired) electrons. The first kappa shape index (κ1) is 11.2. The first-order chi connectivity index (χ1) is 7.69. The van der Waals surface area contributed by atoms with Crippen LogP contribution in [-0.2, 0) is 14.3 Å². The molecule has 0 fully saturated rings. The molecule has 1 heterocycles. The van der Waals surface area contributed by atoms with Crippen LogP contribution < -0.4 is 0 Å². The van der Waals surface area contributed by atoms with Gasteiger partial charge in [-0.3, -0.25) is 0 Å². The van der Waals surface area contributed by atoms with E-state index in [0.717, 1.165) is 18.4 Å². The van der Waals surface area contributed by atoms with Crippen molar-refractivity contribution in [3.05, 3.63) is 23.5 Å². The summed E-state index contributed by atoms with van der Waals surface area (Å²) in [4.78, 5) is 11.5. The Bertz CT molecular complexity index is 356. The van der Waals surface area contributed by atoms with E-state index in [2.05, 4.69) is 6.08 Å². The highest BCUT2D eigenvalue weighted by Crippen LogP contribution is 2.43. The second kappa shape index (κ2) is 4.29. The Labute approximate surface area is 94.5 Å². The number of carbonyl (C=O) groups is 1. The quantitative estimate of drug-likeness (QED) is 0.568. The van der Waals surface area contributed by atoms with E-state index >= 15 is 0 Å². The van der Waals surface area contributed by atoms with Gasteiger partial charge in [0.25, 0.3) is 0 Å². The lowest BCUT2D eigenvalue weighted by atomic mass is 9.83. The number of carbonyl (C=O) groups excluding carboxylic acids is 1. The fourth-order valence-electron chi connectivity index (χ4n) is 2.53. The van der Waals surface area contributed by atoms with Crippen molar-refractivity contribution in [3.8, 4) is 0 Å². The zero-order valence-electron chi connectivity index (χ0n) is 9.47. The molecule has 0 amide bonds. The number of aliphatic hydroxyl groups is 1. The second-order valence-corrected chi connectivity index (χ2v) is 4.09. The van der Waals surface area contributed by atoms with Crippen LogP contribution in [0.3, 0.4) is 0 Å². The van der Waals surface area contributed by atoms with Gasteiger partial charge in [-0.2, -0.15) is 0 Å². The van der Waals surface area contributed by atoms with Crippen molar-refractivity contribution in [2.45, 2.75) is 26.1 Å². The van der Waals surface area contributed by atoms with E-state index in [-0.39, 0.29) is 17.8 Å². The summed E-state index contributed by atoms with van der Waals surface area (Å²) in [6.45, 7) is 2.04. The Morgan fingerprint density at radius 1 is 1.69 bits per heavy atom. The predicted molar refractivity (Wildman–Crippen MR) is 57.2 cm³/mol. The maximum Gasteiger partial charge on any atom is 0.337 e. The SMILES string of the molecule is CCC1=CC[C@@H]2C(C(=O)OC)=CO[C@@H](O)[C@H]12. The van der Waals surface area contributed by atoms with Crippen LogP contribution in [0.2, 0.25) is 0 Å². The van der Waals surface area contributed by atoms with Crippen molar-refractivity contribution in [1.29, 1.82) is 0 Å². The molecule has 3 atom stereocenters. The van der Waals surface area contributed by atoms with Gasteiger partial charge in [-0.15, -0.1) is 0 Å². The zero-order chi connectivity index (χ0) is 11.7. The van der Waals surface area contributed by atoms with Gasteiger partial charge in [0.2, 0.25) is 6.29 Å². The molecule has 2 rings (SSSR count). The molecule has 0 saturated heterocycles. The van der Waals surface area contributed by atoms with E-state index in [4.69, 9.17) is 9.47 Å². The highest BCUT2D eigenvalue weighted by atomic mass is 16.6. The van der Waals surface area contributed by atoms with E-state index in [9.17, 15) is 9.90 Å². The number of hydrogen-bond donors (Lipinski definition) is 1. The molecule has 4 nitrogen and oxygen atoms in total. The molecule has 0 bridgehead atoms. The molecule has 0 aromatic heterocycles. The van der Waals surface area contributed by atoms with Gasteiger partial charge in [-0.1, -0.05) is 18.6 Å². The summed E-state index contributed by atoms with van der Waals surface area (Å²) in [5.74, 6) is -0.456. The van der Waals surface area contributed by atoms with Crippen molar-refractivity contribution >= 4 is 5.97 Å².